The van der Waals surface area contributed by atoms with E-state index in [1.165, 1.54) is 23.1 Å². The van der Waals surface area contributed by atoms with E-state index in [0.717, 1.165) is 11.8 Å². The van der Waals surface area contributed by atoms with E-state index in [1.54, 1.807) is 85.8 Å². The van der Waals surface area contributed by atoms with Gasteiger partial charge >= 0.3 is 5.97 Å². The van der Waals surface area contributed by atoms with Crippen molar-refractivity contribution in [2.75, 3.05) is 10.2 Å². The van der Waals surface area contributed by atoms with Gasteiger partial charge in [-0.15, -0.1) is 0 Å². The minimum Gasteiger partial charge on any atom is -0.478 e. The molecule has 222 valence electrons. The van der Waals surface area contributed by atoms with Gasteiger partial charge < -0.3 is 10.4 Å². The van der Waals surface area contributed by atoms with E-state index in [0.29, 0.717) is 44.3 Å². The van der Waals surface area contributed by atoms with Crippen molar-refractivity contribution in [1.82, 2.24) is 4.98 Å². The molecule has 2 heterocycles. The monoisotopic (exact) mass is 616 g/mol. The number of amidine groups is 1. The van der Waals surface area contributed by atoms with Crippen LogP contribution in [0.4, 0.5) is 15.8 Å². The number of carboxylic acids is 1. The van der Waals surface area contributed by atoms with Crippen LogP contribution in [0.2, 0.25) is 0 Å². The van der Waals surface area contributed by atoms with Gasteiger partial charge in [-0.25, -0.2) is 19.2 Å². The fourth-order valence-electron chi connectivity index (χ4n) is 4.78. The average Bonchev–Trinajstić information content (AvgIpc) is 3.35. The van der Waals surface area contributed by atoms with Crippen LogP contribution in [0.25, 0.3) is 28.2 Å². The number of fused-ring (bicyclic) bond motifs is 1. The fraction of sp³-hybridized carbons (Fsp3) is 0.0571. The highest BCUT2D eigenvalue weighted by Crippen LogP contribution is 2.32. The number of pyridine rings is 1. The number of carbonyl (C=O) groups is 3. The first-order valence-corrected chi connectivity index (χ1v) is 14.8. The van der Waals surface area contributed by atoms with Crippen molar-refractivity contribution in [3.8, 4) is 11.3 Å². The number of hydrogen-bond acceptors (Lipinski definition) is 6. The van der Waals surface area contributed by atoms with Gasteiger partial charge in [0.15, 0.2) is 5.17 Å². The first kappa shape index (κ1) is 29.5. The maximum absolute atomic E-state index is 13.4. The summed E-state index contributed by atoms with van der Waals surface area (Å²) in [6.07, 6.45) is 1.58. The second-order valence-corrected chi connectivity index (χ2v) is 11.5. The molecule has 1 aliphatic rings. The molecule has 45 heavy (non-hydrogen) atoms. The lowest BCUT2D eigenvalue weighted by Crippen LogP contribution is -2.33. The normalized spacial score (nSPS) is 14.4. The molecule has 0 saturated carbocycles. The summed E-state index contributed by atoms with van der Waals surface area (Å²) < 4.78 is 13.4. The van der Waals surface area contributed by atoms with Crippen LogP contribution in [0.15, 0.2) is 120 Å². The molecule has 1 atom stereocenters. The summed E-state index contributed by atoms with van der Waals surface area (Å²) in [5, 5.41) is 12.9. The molecule has 1 unspecified atom stereocenters. The third-order valence-electron chi connectivity index (χ3n) is 7.06. The Morgan fingerprint density at radius 1 is 0.933 bits per heavy atom. The van der Waals surface area contributed by atoms with Crippen LogP contribution < -0.4 is 10.2 Å². The highest BCUT2D eigenvalue weighted by atomic mass is 32.2. The Labute approximate surface area is 262 Å². The van der Waals surface area contributed by atoms with Crippen molar-refractivity contribution in [3.63, 3.8) is 0 Å². The van der Waals surface area contributed by atoms with Crippen molar-refractivity contribution in [3.05, 3.63) is 132 Å². The molecule has 0 fully saturated rings. The Morgan fingerprint density at radius 2 is 1.62 bits per heavy atom. The van der Waals surface area contributed by atoms with E-state index < -0.39 is 11.2 Å². The van der Waals surface area contributed by atoms with Gasteiger partial charge in [-0.05, 0) is 67.1 Å². The van der Waals surface area contributed by atoms with Gasteiger partial charge in [-0.2, -0.15) is 0 Å². The van der Waals surface area contributed by atoms with Gasteiger partial charge in [-0.3, -0.25) is 14.5 Å². The van der Waals surface area contributed by atoms with Gasteiger partial charge in [0.1, 0.15) is 11.5 Å². The van der Waals surface area contributed by atoms with Gasteiger partial charge in [0.2, 0.25) is 5.91 Å². The Bertz CT molecular complexity index is 1990. The number of rotatable bonds is 7. The maximum atomic E-state index is 13.4. The summed E-state index contributed by atoms with van der Waals surface area (Å²) in [6, 6.07) is 30.3. The third kappa shape index (κ3) is 6.36. The zero-order valence-electron chi connectivity index (χ0n) is 23.8. The van der Waals surface area contributed by atoms with Crippen molar-refractivity contribution >= 4 is 63.1 Å². The summed E-state index contributed by atoms with van der Waals surface area (Å²) >= 11 is 1.14. The van der Waals surface area contributed by atoms with E-state index in [1.807, 2.05) is 18.2 Å². The number of anilines is 2. The number of benzene rings is 4. The molecule has 0 bridgehead atoms. The number of nitrogens with one attached hydrogen (secondary N) is 1. The lowest BCUT2D eigenvalue weighted by atomic mass is 10.0. The van der Waals surface area contributed by atoms with Crippen LogP contribution in [0, 0.1) is 5.82 Å². The van der Waals surface area contributed by atoms with Crippen molar-refractivity contribution in [2.24, 2.45) is 4.99 Å². The summed E-state index contributed by atoms with van der Waals surface area (Å²) in [7, 11) is 0. The predicted molar refractivity (Wildman–Crippen MR) is 176 cm³/mol. The Morgan fingerprint density at radius 3 is 2.33 bits per heavy atom. The number of carbonyl (C=O) groups excluding carboxylic acids is 2. The van der Waals surface area contributed by atoms with Crippen LogP contribution in [0.3, 0.4) is 0 Å². The van der Waals surface area contributed by atoms with Crippen LogP contribution in [0.1, 0.15) is 22.8 Å². The SMILES string of the molecule is CC(SC1=N/C(=C\c2ccc(F)cc2)C(=O)N1c1ccccc1)C(=O)Nc1ccc(-c2cc(C(=O)O)c3ccccc3n2)cc1. The topological polar surface area (TPSA) is 112 Å². The van der Waals surface area contributed by atoms with E-state index in [4.69, 9.17) is 0 Å². The van der Waals surface area contributed by atoms with Crippen molar-refractivity contribution in [2.45, 2.75) is 12.2 Å². The molecule has 0 radical (unpaired) electrons. The minimum absolute atomic E-state index is 0.160. The number of hydrogen-bond donors (Lipinski definition) is 2. The highest BCUT2D eigenvalue weighted by molar-refractivity contribution is 8.15. The molecule has 6 rings (SSSR count). The first-order chi connectivity index (χ1) is 21.8. The van der Waals surface area contributed by atoms with E-state index in [9.17, 15) is 23.9 Å². The predicted octanol–water partition coefficient (Wildman–Crippen LogP) is 7.24. The van der Waals surface area contributed by atoms with Crippen LogP contribution in [0.5, 0.6) is 0 Å². The molecule has 1 aliphatic heterocycles. The zero-order valence-corrected chi connectivity index (χ0v) is 24.7. The van der Waals surface area contributed by atoms with Crippen LogP contribution in [-0.4, -0.2) is 38.3 Å². The summed E-state index contributed by atoms with van der Waals surface area (Å²) in [5.41, 5.74) is 3.87. The van der Waals surface area contributed by atoms with Gasteiger partial charge in [0.25, 0.3) is 5.91 Å². The number of amides is 2. The lowest BCUT2D eigenvalue weighted by Gasteiger charge is -2.20. The van der Waals surface area contributed by atoms with Crippen molar-refractivity contribution in [1.29, 1.82) is 0 Å². The summed E-state index contributed by atoms with van der Waals surface area (Å²) in [4.78, 5) is 49.2. The second-order valence-electron chi connectivity index (χ2n) is 10.2. The molecular weight excluding hydrogens is 591 g/mol. The molecule has 2 N–H and O–H groups in total. The van der Waals surface area contributed by atoms with E-state index in [2.05, 4.69) is 15.3 Å². The van der Waals surface area contributed by atoms with Crippen molar-refractivity contribution < 1.29 is 23.9 Å². The molecule has 4 aromatic carbocycles. The summed E-state index contributed by atoms with van der Waals surface area (Å²) in [5.74, 6) is -2.08. The number of aliphatic imine (C=N–C) groups is 1. The first-order valence-electron chi connectivity index (χ1n) is 13.9. The van der Waals surface area contributed by atoms with Gasteiger partial charge in [-0.1, -0.05) is 72.4 Å². The number of para-hydroxylation sites is 2. The summed E-state index contributed by atoms with van der Waals surface area (Å²) in [6.45, 7) is 1.72. The van der Waals surface area contributed by atoms with Gasteiger partial charge in [0.05, 0.1) is 27.7 Å². The fourth-order valence-corrected chi connectivity index (χ4v) is 5.70. The molecule has 0 saturated heterocycles. The van der Waals surface area contributed by atoms with Crippen LogP contribution in [-0.2, 0) is 9.59 Å². The molecule has 0 aliphatic carbocycles. The highest BCUT2D eigenvalue weighted by Gasteiger charge is 2.34. The smallest absolute Gasteiger partial charge is 0.336 e. The number of halogens is 1. The average molecular weight is 617 g/mol. The standard InChI is InChI=1S/C35H25FN4O4S/c1-21(45-35-39-31(19-22-11-15-24(36)16-12-22)33(42)40(35)26-7-3-2-4-8-26)32(41)37-25-17-13-23(14-18-25)30-20-28(34(43)44)27-9-5-6-10-29(27)38-30/h2-21H,1H3,(H,37,41)(H,43,44)/b31-19-. The Kier molecular flexibility index (Phi) is 8.22. The largest absolute Gasteiger partial charge is 0.478 e. The second kappa shape index (κ2) is 12.6. The quantitative estimate of drug-likeness (QED) is 0.187. The lowest BCUT2D eigenvalue weighted by molar-refractivity contribution is -0.115. The molecule has 2 amide bonds. The Balaban J connectivity index is 1.20. The van der Waals surface area contributed by atoms with Gasteiger partial charge in [0, 0.05) is 16.6 Å². The number of aromatic carboxylic acids is 1. The minimum atomic E-state index is -1.04. The molecular formula is C35H25FN4O4S. The molecule has 8 nitrogen and oxygen atoms in total. The number of aromatic nitrogens is 1. The maximum Gasteiger partial charge on any atom is 0.336 e. The molecule has 1 aromatic heterocycles. The molecule has 0 spiro atoms. The third-order valence-corrected chi connectivity index (χ3v) is 8.12. The molecule has 10 heteroatoms. The molecule has 5 aromatic rings. The van der Waals surface area contributed by atoms with E-state index >= 15 is 0 Å². The number of thioether (sulfide) groups is 1. The Hall–Kier alpha value is -5.61. The number of nitrogens with zero attached hydrogens (tertiary/aromatic N) is 3. The zero-order chi connectivity index (χ0) is 31.5. The number of carboxylic acid groups (broad SMARTS) is 1. The van der Waals surface area contributed by atoms with E-state index in [-0.39, 0.29) is 28.9 Å². The van der Waals surface area contributed by atoms with Crippen LogP contribution >= 0.6 is 11.8 Å².